The first-order valence-corrected chi connectivity index (χ1v) is 7.04. The Morgan fingerprint density at radius 3 is 2.43 bits per heavy atom. The zero-order valence-electron chi connectivity index (χ0n) is 12.9. The Labute approximate surface area is 134 Å². The van der Waals surface area contributed by atoms with Crippen molar-refractivity contribution in [2.45, 2.75) is 13.8 Å². The third-order valence-electron chi connectivity index (χ3n) is 3.20. The van der Waals surface area contributed by atoms with Crippen LogP contribution in [0.2, 0.25) is 0 Å². The first kappa shape index (κ1) is 16.1. The molecule has 0 aliphatic carbocycles. The van der Waals surface area contributed by atoms with Crippen molar-refractivity contribution in [1.29, 1.82) is 5.26 Å². The molecule has 0 aromatic heterocycles. The van der Waals surface area contributed by atoms with E-state index in [9.17, 15) is 9.90 Å². The van der Waals surface area contributed by atoms with E-state index in [0.29, 0.717) is 11.4 Å². The SMILES string of the molecule is Cc1ccc(NC(=O)/C(C#N)=C\Nc2cc(C)ccc2O)cc1. The van der Waals surface area contributed by atoms with Crippen LogP contribution in [0.3, 0.4) is 0 Å². The quantitative estimate of drug-likeness (QED) is 0.459. The van der Waals surface area contributed by atoms with Crippen LogP contribution in [0.4, 0.5) is 11.4 Å². The highest BCUT2D eigenvalue weighted by atomic mass is 16.3. The van der Waals surface area contributed by atoms with E-state index in [1.807, 2.05) is 32.0 Å². The Morgan fingerprint density at radius 1 is 1.13 bits per heavy atom. The number of nitriles is 1. The average Bonchev–Trinajstić information content (AvgIpc) is 2.53. The predicted octanol–water partition coefficient (Wildman–Crippen LogP) is 3.47. The van der Waals surface area contributed by atoms with Crippen molar-refractivity contribution in [3.8, 4) is 11.8 Å². The first-order chi connectivity index (χ1) is 11.0. The van der Waals surface area contributed by atoms with Crippen LogP contribution in [0, 0.1) is 25.2 Å². The van der Waals surface area contributed by atoms with Gasteiger partial charge in [-0.25, -0.2) is 0 Å². The van der Waals surface area contributed by atoms with Crippen LogP contribution >= 0.6 is 0 Å². The van der Waals surface area contributed by atoms with E-state index in [1.165, 1.54) is 6.20 Å². The molecule has 0 bridgehead atoms. The van der Waals surface area contributed by atoms with Gasteiger partial charge in [-0.2, -0.15) is 5.26 Å². The molecule has 0 saturated carbocycles. The van der Waals surface area contributed by atoms with Crippen LogP contribution < -0.4 is 10.6 Å². The molecule has 1 amide bonds. The number of phenols is 1. The molecule has 2 rings (SSSR count). The fraction of sp³-hybridized carbons (Fsp3) is 0.111. The van der Waals surface area contributed by atoms with Crippen molar-refractivity contribution >= 4 is 17.3 Å². The fourth-order valence-electron chi connectivity index (χ4n) is 1.90. The normalized spacial score (nSPS) is 10.7. The summed E-state index contributed by atoms with van der Waals surface area (Å²) in [5, 5.41) is 24.3. The molecular formula is C18H17N3O2. The number of anilines is 2. The molecule has 0 radical (unpaired) electrons. The standard InChI is InChI=1S/C18H17N3O2/c1-12-3-6-15(7-4-12)21-18(23)14(10-19)11-20-16-9-13(2)5-8-17(16)22/h3-9,11,20,22H,1-2H3,(H,21,23)/b14-11-. The Hall–Kier alpha value is -3.26. The fourth-order valence-corrected chi connectivity index (χ4v) is 1.90. The Morgan fingerprint density at radius 2 is 1.78 bits per heavy atom. The minimum Gasteiger partial charge on any atom is -0.506 e. The lowest BCUT2D eigenvalue weighted by atomic mass is 10.2. The van der Waals surface area contributed by atoms with Gasteiger partial charge in [-0.05, 0) is 43.7 Å². The van der Waals surface area contributed by atoms with Crippen molar-refractivity contribution in [2.24, 2.45) is 0 Å². The Balaban J connectivity index is 2.12. The molecule has 0 saturated heterocycles. The van der Waals surface area contributed by atoms with Crippen molar-refractivity contribution < 1.29 is 9.90 Å². The summed E-state index contributed by atoms with van der Waals surface area (Å²) in [4.78, 5) is 12.1. The lowest BCUT2D eigenvalue weighted by molar-refractivity contribution is -0.112. The van der Waals surface area contributed by atoms with Crippen LogP contribution in [0.15, 0.2) is 54.2 Å². The van der Waals surface area contributed by atoms with Gasteiger partial charge in [0.1, 0.15) is 17.4 Å². The largest absolute Gasteiger partial charge is 0.506 e. The van der Waals surface area contributed by atoms with E-state index in [0.717, 1.165) is 11.1 Å². The Bertz CT molecular complexity index is 787. The minimum absolute atomic E-state index is 0.0445. The van der Waals surface area contributed by atoms with E-state index in [-0.39, 0.29) is 11.3 Å². The van der Waals surface area contributed by atoms with Gasteiger partial charge in [0.2, 0.25) is 0 Å². The number of amides is 1. The van der Waals surface area contributed by atoms with Crippen molar-refractivity contribution in [1.82, 2.24) is 0 Å². The van der Waals surface area contributed by atoms with Crippen LogP contribution in [-0.4, -0.2) is 11.0 Å². The number of aromatic hydroxyl groups is 1. The highest BCUT2D eigenvalue weighted by molar-refractivity contribution is 6.06. The maximum absolute atomic E-state index is 12.1. The number of carbonyl (C=O) groups is 1. The van der Waals surface area contributed by atoms with Gasteiger partial charge in [-0.15, -0.1) is 0 Å². The summed E-state index contributed by atoms with van der Waals surface area (Å²) in [6.45, 7) is 3.83. The van der Waals surface area contributed by atoms with Crippen LogP contribution in [-0.2, 0) is 4.79 Å². The maximum atomic E-state index is 12.1. The van der Waals surface area contributed by atoms with Gasteiger partial charge in [0.05, 0.1) is 5.69 Å². The van der Waals surface area contributed by atoms with Gasteiger partial charge < -0.3 is 15.7 Å². The smallest absolute Gasteiger partial charge is 0.267 e. The number of nitrogens with one attached hydrogen (secondary N) is 2. The van der Waals surface area contributed by atoms with E-state index < -0.39 is 5.91 Å². The monoisotopic (exact) mass is 307 g/mol. The third kappa shape index (κ3) is 4.35. The van der Waals surface area contributed by atoms with Crippen LogP contribution in [0.25, 0.3) is 0 Å². The van der Waals surface area contributed by atoms with Gasteiger partial charge in [-0.3, -0.25) is 4.79 Å². The average molecular weight is 307 g/mol. The van der Waals surface area contributed by atoms with Gasteiger partial charge >= 0.3 is 0 Å². The molecule has 5 heteroatoms. The summed E-state index contributed by atoms with van der Waals surface area (Å²) in [5.74, 6) is -0.473. The second-order valence-electron chi connectivity index (χ2n) is 5.15. The summed E-state index contributed by atoms with van der Waals surface area (Å²) in [6.07, 6.45) is 1.28. The van der Waals surface area contributed by atoms with E-state index in [2.05, 4.69) is 10.6 Å². The molecule has 0 heterocycles. The van der Waals surface area contributed by atoms with Crippen molar-refractivity contribution in [3.63, 3.8) is 0 Å². The number of carbonyl (C=O) groups excluding carboxylic acids is 1. The summed E-state index contributed by atoms with van der Waals surface area (Å²) >= 11 is 0. The summed E-state index contributed by atoms with van der Waals surface area (Å²) in [6, 6.07) is 14.1. The highest BCUT2D eigenvalue weighted by Gasteiger charge is 2.09. The van der Waals surface area contributed by atoms with Gasteiger partial charge in [0, 0.05) is 11.9 Å². The lowest BCUT2D eigenvalue weighted by Gasteiger charge is -2.07. The van der Waals surface area contributed by atoms with Crippen LogP contribution in [0.1, 0.15) is 11.1 Å². The van der Waals surface area contributed by atoms with Gasteiger partial charge in [0.15, 0.2) is 0 Å². The highest BCUT2D eigenvalue weighted by Crippen LogP contribution is 2.24. The molecule has 3 N–H and O–H groups in total. The van der Waals surface area contributed by atoms with Gasteiger partial charge in [-0.1, -0.05) is 23.8 Å². The van der Waals surface area contributed by atoms with Gasteiger partial charge in [0.25, 0.3) is 5.91 Å². The molecule has 2 aromatic carbocycles. The number of aryl methyl sites for hydroxylation is 2. The molecule has 116 valence electrons. The first-order valence-electron chi connectivity index (χ1n) is 7.04. The molecule has 0 fully saturated rings. The topological polar surface area (TPSA) is 85.2 Å². The predicted molar refractivity (Wildman–Crippen MR) is 90.0 cm³/mol. The molecular weight excluding hydrogens is 290 g/mol. The zero-order valence-corrected chi connectivity index (χ0v) is 12.9. The molecule has 0 aliphatic heterocycles. The lowest BCUT2D eigenvalue weighted by Crippen LogP contribution is -2.14. The zero-order chi connectivity index (χ0) is 16.8. The van der Waals surface area contributed by atoms with E-state index >= 15 is 0 Å². The molecule has 23 heavy (non-hydrogen) atoms. The molecule has 0 aliphatic rings. The van der Waals surface area contributed by atoms with E-state index in [4.69, 9.17) is 5.26 Å². The number of phenolic OH excluding ortho intramolecular Hbond substituents is 1. The number of benzene rings is 2. The number of rotatable bonds is 4. The summed E-state index contributed by atoms with van der Waals surface area (Å²) in [5.41, 5.74) is 2.98. The minimum atomic E-state index is -0.518. The molecule has 0 spiro atoms. The second-order valence-corrected chi connectivity index (χ2v) is 5.15. The second kappa shape index (κ2) is 7.14. The van der Waals surface area contributed by atoms with E-state index in [1.54, 1.807) is 30.3 Å². The number of nitrogens with zero attached hydrogens (tertiary/aromatic N) is 1. The number of hydrogen-bond donors (Lipinski definition) is 3. The molecule has 0 unspecified atom stereocenters. The summed E-state index contributed by atoms with van der Waals surface area (Å²) < 4.78 is 0. The van der Waals surface area contributed by atoms with Crippen molar-refractivity contribution in [3.05, 3.63) is 65.4 Å². The van der Waals surface area contributed by atoms with Crippen LogP contribution in [0.5, 0.6) is 5.75 Å². The number of hydrogen-bond acceptors (Lipinski definition) is 4. The molecule has 5 nitrogen and oxygen atoms in total. The van der Waals surface area contributed by atoms with Crippen molar-refractivity contribution in [2.75, 3.05) is 10.6 Å². The molecule has 2 aromatic rings. The Kier molecular flexibility index (Phi) is 5.00. The third-order valence-corrected chi connectivity index (χ3v) is 3.20. The summed E-state index contributed by atoms with van der Waals surface area (Å²) in [7, 11) is 0. The molecule has 0 atom stereocenters. The maximum Gasteiger partial charge on any atom is 0.267 e.